The van der Waals surface area contributed by atoms with E-state index in [1.54, 1.807) is 13.2 Å². The minimum atomic E-state index is -0.173. The van der Waals surface area contributed by atoms with Gasteiger partial charge in [-0.2, -0.15) is 0 Å². The number of nitrogens with two attached hydrogens (primary N) is 1. The molecule has 0 fully saturated rings. The van der Waals surface area contributed by atoms with Crippen LogP contribution in [0, 0.1) is 5.82 Å². The van der Waals surface area contributed by atoms with Crippen LogP contribution >= 0.6 is 0 Å². The predicted octanol–water partition coefficient (Wildman–Crippen LogP) is 1.94. The molecule has 0 aromatic heterocycles. The Labute approximate surface area is 108 Å². The van der Waals surface area contributed by atoms with Crippen LogP contribution < -0.4 is 10.6 Å². The van der Waals surface area contributed by atoms with Crippen LogP contribution in [-0.2, 0) is 11.2 Å². The highest BCUT2D eigenvalue weighted by atomic mass is 19.1. The van der Waals surface area contributed by atoms with E-state index in [1.807, 2.05) is 6.07 Å². The molecule has 1 aromatic carbocycles. The van der Waals surface area contributed by atoms with Gasteiger partial charge in [-0.1, -0.05) is 6.07 Å². The van der Waals surface area contributed by atoms with E-state index < -0.39 is 0 Å². The van der Waals surface area contributed by atoms with E-state index >= 15 is 0 Å². The summed E-state index contributed by atoms with van der Waals surface area (Å²) in [6.45, 7) is 2.48. The Morgan fingerprint density at radius 3 is 3.11 bits per heavy atom. The van der Waals surface area contributed by atoms with Crippen LogP contribution in [-0.4, -0.2) is 32.8 Å². The summed E-state index contributed by atoms with van der Waals surface area (Å²) in [5, 5.41) is 0. The lowest BCUT2D eigenvalue weighted by Gasteiger charge is -2.23. The molecule has 0 saturated carbocycles. The second kappa shape index (κ2) is 6.16. The summed E-state index contributed by atoms with van der Waals surface area (Å²) in [7, 11) is 1.70. The topological polar surface area (TPSA) is 38.5 Å². The zero-order valence-corrected chi connectivity index (χ0v) is 10.9. The molecule has 100 valence electrons. The molecule has 3 nitrogen and oxygen atoms in total. The molecule has 0 bridgehead atoms. The summed E-state index contributed by atoms with van der Waals surface area (Å²) in [4.78, 5) is 2.19. The number of benzene rings is 1. The van der Waals surface area contributed by atoms with Gasteiger partial charge in [0, 0.05) is 38.5 Å². The van der Waals surface area contributed by atoms with Crippen molar-refractivity contribution in [1.82, 2.24) is 0 Å². The standard InChI is InChI=1S/C14H21FN2O/c1-18-8-2-3-13(16)10-17-7-6-11-4-5-12(15)9-14(11)17/h4-5,9,13H,2-3,6-8,10,16H2,1H3. The SMILES string of the molecule is COCCCC(N)CN1CCc2ccc(F)cc21. The van der Waals surface area contributed by atoms with Crippen molar-refractivity contribution in [2.75, 3.05) is 31.7 Å². The average Bonchev–Trinajstić information content (AvgIpc) is 2.72. The molecule has 1 aliphatic rings. The Morgan fingerprint density at radius 1 is 1.50 bits per heavy atom. The van der Waals surface area contributed by atoms with E-state index in [0.29, 0.717) is 0 Å². The highest BCUT2D eigenvalue weighted by molar-refractivity contribution is 5.58. The van der Waals surface area contributed by atoms with E-state index in [-0.39, 0.29) is 11.9 Å². The Kier molecular flexibility index (Phi) is 4.55. The van der Waals surface area contributed by atoms with Crippen LogP contribution in [0.3, 0.4) is 0 Å². The number of ether oxygens (including phenoxy) is 1. The molecule has 0 saturated heterocycles. The Bertz CT molecular complexity index is 397. The van der Waals surface area contributed by atoms with E-state index in [1.165, 1.54) is 11.6 Å². The second-order valence-corrected chi connectivity index (χ2v) is 4.86. The van der Waals surface area contributed by atoms with Crippen molar-refractivity contribution in [3.8, 4) is 0 Å². The van der Waals surface area contributed by atoms with Gasteiger partial charge in [0.15, 0.2) is 0 Å². The number of fused-ring (bicyclic) bond motifs is 1. The molecular formula is C14H21FN2O. The summed E-state index contributed by atoms with van der Waals surface area (Å²) in [5.41, 5.74) is 8.33. The molecular weight excluding hydrogens is 231 g/mol. The predicted molar refractivity (Wildman–Crippen MR) is 71.4 cm³/mol. The minimum Gasteiger partial charge on any atom is -0.385 e. The van der Waals surface area contributed by atoms with Crippen molar-refractivity contribution >= 4 is 5.69 Å². The van der Waals surface area contributed by atoms with Gasteiger partial charge in [0.05, 0.1) is 0 Å². The van der Waals surface area contributed by atoms with Crippen molar-refractivity contribution in [2.45, 2.75) is 25.3 Å². The molecule has 1 aliphatic heterocycles. The molecule has 0 radical (unpaired) electrons. The quantitative estimate of drug-likeness (QED) is 0.786. The van der Waals surface area contributed by atoms with Crippen LogP contribution in [0.25, 0.3) is 0 Å². The Hall–Kier alpha value is -1.13. The van der Waals surface area contributed by atoms with Gasteiger partial charge in [0.2, 0.25) is 0 Å². The normalized spacial score (nSPS) is 15.8. The Morgan fingerprint density at radius 2 is 2.33 bits per heavy atom. The lowest BCUT2D eigenvalue weighted by atomic mass is 10.1. The summed E-state index contributed by atoms with van der Waals surface area (Å²) in [6, 6.07) is 5.14. The molecule has 0 spiro atoms. The third kappa shape index (κ3) is 3.21. The van der Waals surface area contributed by atoms with Gasteiger partial charge >= 0.3 is 0 Å². The monoisotopic (exact) mass is 252 g/mol. The third-order valence-electron chi connectivity index (χ3n) is 3.42. The maximum Gasteiger partial charge on any atom is 0.125 e. The number of hydrogen-bond donors (Lipinski definition) is 1. The molecule has 18 heavy (non-hydrogen) atoms. The fourth-order valence-corrected chi connectivity index (χ4v) is 2.47. The summed E-state index contributed by atoms with van der Waals surface area (Å²) < 4.78 is 18.3. The van der Waals surface area contributed by atoms with Gasteiger partial charge in [-0.25, -0.2) is 4.39 Å². The Balaban J connectivity index is 1.90. The van der Waals surface area contributed by atoms with Crippen LogP contribution in [0.4, 0.5) is 10.1 Å². The molecule has 0 amide bonds. The zero-order chi connectivity index (χ0) is 13.0. The number of nitrogens with zero attached hydrogens (tertiary/aromatic N) is 1. The first-order chi connectivity index (χ1) is 8.70. The fourth-order valence-electron chi connectivity index (χ4n) is 2.47. The maximum atomic E-state index is 13.2. The van der Waals surface area contributed by atoms with Gasteiger partial charge in [-0.05, 0) is 37.0 Å². The minimum absolute atomic E-state index is 0.120. The molecule has 4 heteroatoms. The molecule has 1 unspecified atom stereocenters. The van der Waals surface area contributed by atoms with Crippen molar-refractivity contribution < 1.29 is 9.13 Å². The smallest absolute Gasteiger partial charge is 0.125 e. The van der Waals surface area contributed by atoms with Gasteiger partial charge in [0.1, 0.15) is 5.82 Å². The van der Waals surface area contributed by atoms with Gasteiger partial charge < -0.3 is 15.4 Å². The lowest BCUT2D eigenvalue weighted by Crippen LogP contribution is -2.36. The van der Waals surface area contributed by atoms with Crippen LogP contribution in [0.15, 0.2) is 18.2 Å². The molecule has 2 rings (SSSR count). The highest BCUT2D eigenvalue weighted by Crippen LogP contribution is 2.28. The average molecular weight is 252 g/mol. The van der Waals surface area contributed by atoms with Gasteiger partial charge in [-0.3, -0.25) is 0 Å². The van der Waals surface area contributed by atoms with Gasteiger partial charge in [-0.15, -0.1) is 0 Å². The van der Waals surface area contributed by atoms with Crippen molar-refractivity contribution in [2.24, 2.45) is 5.73 Å². The number of rotatable bonds is 6. The van der Waals surface area contributed by atoms with E-state index in [2.05, 4.69) is 4.90 Å². The largest absolute Gasteiger partial charge is 0.385 e. The molecule has 1 aromatic rings. The molecule has 1 heterocycles. The van der Waals surface area contributed by atoms with Crippen LogP contribution in [0.2, 0.25) is 0 Å². The number of anilines is 1. The molecule has 1 atom stereocenters. The van der Waals surface area contributed by atoms with E-state index in [4.69, 9.17) is 10.5 Å². The van der Waals surface area contributed by atoms with Crippen LogP contribution in [0.5, 0.6) is 0 Å². The number of methoxy groups -OCH3 is 1. The highest BCUT2D eigenvalue weighted by Gasteiger charge is 2.21. The van der Waals surface area contributed by atoms with Gasteiger partial charge in [0.25, 0.3) is 0 Å². The summed E-state index contributed by atoms with van der Waals surface area (Å²) >= 11 is 0. The van der Waals surface area contributed by atoms with Crippen LogP contribution in [0.1, 0.15) is 18.4 Å². The van der Waals surface area contributed by atoms with E-state index in [0.717, 1.165) is 44.6 Å². The van der Waals surface area contributed by atoms with Crippen molar-refractivity contribution in [3.63, 3.8) is 0 Å². The third-order valence-corrected chi connectivity index (χ3v) is 3.42. The second-order valence-electron chi connectivity index (χ2n) is 4.86. The lowest BCUT2D eigenvalue weighted by molar-refractivity contribution is 0.190. The first-order valence-corrected chi connectivity index (χ1v) is 6.48. The maximum absolute atomic E-state index is 13.2. The zero-order valence-electron chi connectivity index (χ0n) is 10.9. The first-order valence-electron chi connectivity index (χ1n) is 6.48. The fraction of sp³-hybridized carbons (Fsp3) is 0.571. The first kappa shape index (κ1) is 13.3. The summed E-state index contributed by atoms with van der Waals surface area (Å²) in [5.74, 6) is -0.173. The number of hydrogen-bond acceptors (Lipinski definition) is 3. The van der Waals surface area contributed by atoms with E-state index in [9.17, 15) is 4.39 Å². The summed E-state index contributed by atoms with van der Waals surface area (Å²) in [6.07, 6.45) is 2.90. The molecule has 2 N–H and O–H groups in total. The number of halogens is 1. The van der Waals surface area contributed by atoms with Crippen molar-refractivity contribution in [3.05, 3.63) is 29.6 Å². The molecule has 0 aliphatic carbocycles. The van der Waals surface area contributed by atoms with Crippen molar-refractivity contribution in [1.29, 1.82) is 0 Å².